The van der Waals surface area contributed by atoms with Crippen molar-refractivity contribution in [2.75, 3.05) is 21.3 Å². The zero-order valence-electron chi connectivity index (χ0n) is 11.5. The van der Waals surface area contributed by atoms with Gasteiger partial charge >= 0.3 is 0 Å². The Morgan fingerprint density at radius 1 is 1.22 bits per heavy atom. The minimum atomic E-state index is -0.261. The molecular weight excluding hydrogens is 233 g/mol. The Labute approximate surface area is 108 Å². The van der Waals surface area contributed by atoms with E-state index in [0.29, 0.717) is 17.1 Å². The summed E-state index contributed by atoms with van der Waals surface area (Å²) in [6, 6.07) is 3.10. The molecule has 1 rings (SSSR count). The number of halogens is 1. The molecule has 18 heavy (non-hydrogen) atoms. The lowest BCUT2D eigenvalue weighted by atomic mass is 10.00. The Morgan fingerprint density at radius 3 is 2.33 bits per heavy atom. The van der Waals surface area contributed by atoms with E-state index < -0.39 is 0 Å². The standard InChI is InChI=1S/C14H22FNO2/c1-5-6-7-12(16-2)10-8-13(17-3)14(18-4)9-11(10)15/h8-9,12,16H,5-7H2,1-4H3. The highest BCUT2D eigenvalue weighted by atomic mass is 19.1. The van der Waals surface area contributed by atoms with E-state index in [4.69, 9.17) is 9.47 Å². The molecule has 3 nitrogen and oxygen atoms in total. The molecule has 1 atom stereocenters. The molecule has 1 aromatic rings. The van der Waals surface area contributed by atoms with E-state index in [1.807, 2.05) is 7.05 Å². The van der Waals surface area contributed by atoms with Crippen LogP contribution in [0.5, 0.6) is 11.5 Å². The molecule has 0 fully saturated rings. The first-order valence-corrected chi connectivity index (χ1v) is 6.26. The Balaban J connectivity index is 3.06. The molecule has 0 radical (unpaired) electrons. The lowest BCUT2D eigenvalue weighted by molar-refractivity contribution is 0.350. The molecule has 0 bridgehead atoms. The number of ether oxygens (including phenoxy) is 2. The predicted octanol–water partition coefficient (Wildman–Crippen LogP) is 3.29. The molecule has 0 aromatic heterocycles. The van der Waals surface area contributed by atoms with Gasteiger partial charge in [-0.05, 0) is 19.5 Å². The zero-order valence-corrected chi connectivity index (χ0v) is 11.5. The van der Waals surface area contributed by atoms with Crippen molar-refractivity contribution in [3.63, 3.8) is 0 Å². The molecule has 0 heterocycles. The van der Waals surface area contributed by atoms with Gasteiger partial charge in [0.1, 0.15) is 5.82 Å². The van der Waals surface area contributed by atoms with Crippen molar-refractivity contribution < 1.29 is 13.9 Å². The molecule has 0 amide bonds. The van der Waals surface area contributed by atoms with E-state index in [2.05, 4.69) is 12.2 Å². The molecule has 1 aromatic carbocycles. The first-order valence-electron chi connectivity index (χ1n) is 6.26. The Morgan fingerprint density at radius 2 is 1.83 bits per heavy atom. The average molecular weight is 255 g/mol. The van der Waals surface area contributed by atoms with Crippen LogP contribution in [0.4, 0.5) is 4.39 Å². The molecule has 0 aliphatic rings. The maximum atomic E-state index is 14.0. The van der Waals surface area contributed by atoms with Crippen LogP contribution in [0.15, 0.2) is 12.1 Å². The molecule has 0 aliphatic carbocycles. The summed E-state index contributed by atoms with van der Waals surface area (Å²) in [4.78, 5) is 0. The van der Waals surface area contributed by atoms with Crippen LogP contribution in [-0.2, 0) is 0 Å². The van der Waals surface area contributed by atoms with Gasteiger partial charge in [0, 0.05) is 17.7 Å². The van der Waals surface area contributed by atoms with E-state index in [9.17, 15) is 4.39 Å². The normalized spacial score (nSPS) is 12.3. The minimum Gasteiger partial charge on any atom is -0.493 e. The predicted molar refractivity (Wildman–Crippen MR) is 70.8 cm³/mol. The van der Waals surface area contributed by atoms with Gasteiger partial charge in [0.2, 0.25) is 0 Å². The number of unbranched alkanes of at least 4 members (excludes halogenated alkanes) is 1. The second-order valence-electron chi connectivity index (χ2n) is 4.21. The Kier molecular flexibility index (Phi) is 5.92. The highest BCUT2D eigenvalue weighted by Crippen LogP contribution is 2.33. The maximum absolute atomic E-state index is 14.0. The van der Waals surface area contributed by atoms with Crippen molar-refractivity contribution in [2.45, 2.75) is 32.2 Å². The van der Waals surface area contributed by atoms with Crippen LogP contribution >= 0.6 is 0 Å². The fourth-order valence-electron chi connectivity index (χ4n) is 2.00. The summed E-state index contributed by atoms with van der Waals surface area (Å²) in [6.45, 7) is 2.12. The largest absolute Gasteiger partial charge is 0.493 e. The van der Waals surface area contributed by atoms with Crippen LogP contribution in [0.2, 0.25) is 0 Å². The quantitative estimate of drug-likeness (QED) is 0.811. The summed E-state index contributed by atoms with van der Waals surface area (Å²) in [6.07, 6.45) is 3.05. The van der Waals surface area contributed by atoms with Gasteiger partial charge in [-0.3, -0.25) is 0 Å². The van der Waals surface area contributed by atoms with E-state index in [1.165, 1.54) is 13.2 Å². The number of nitrogens with one attached hydrogen (secondary N) is 1. The molecule has 0 saturated carbocycles. The fourth-order valence-corrected chi connectivity index (χ4v) is 2.00. The van der Waals surface area contributed by atoms with Gasteiger partial charge in [-0.1, -0.05) is 19.8 Å². The Hall–Kier alpha value is -1.29. The summed E-state index contributed by atoms with van der Waals surface area (Å²) in [5.74, 6) is 0.720. The van der Waals surface area contributed by atoms with Gasteiger partial charge < -0.3 is 14.8 Å². The average Bonchev–Trinajstić information content (AvgIpc) is 2.40. The lowest BCUT2D eigenvalue weighted by Gasteiger charge is -2.19. The zero-order chi connectivity index (χ0) is 13.5. The van der Waals surface area contributed by atoms with E-state index >= 15 is 0 Å². The van der Waals surface area contributed by atoms with Crippen molar-refractivity contribution in [3.05, 3.63) is 23.5 Å². The molecule has 1 N–H and O–H groups in total. The van der Waals surface area contributed by atoms with Crippen LogP contribution < -0.4 is 14.8 Å². The molecule has 0 saturated heterocycles. The van der Waals surface area contributed by atoms with Crippen molar-refractivity contribution in [2.24, 2.45) is 0 Å². The summed E-state index contributed by atoms with van der Waals surface area (Å²) in [5.41, 5.74) is 0.628. The minimum absolute atomic E-state index is 0.00440. The van der Waals surface area contributed by atoms with Gasteiger partial charge in [0.25, 0.3) is 0 Å². The van der Waals surface area contributed by atoms with Crippen LogP contribution in [-0.4, -0.2) is 21.3 Å². The van der Waals surface area contributed by atoms with Crippen LogP contribution in [0.1, 0.15) is 37.8 Å². The molecule has 102 valence electrons. The van der Waals surface area contributed by atoms with E-state index in [-0.39, 0.29) is 11.9 Å². The molecular formula is C14H22FNO2. The van der Waals surface area contributed by atoms with Crippen molar-refractivity contribution in [1.29, 1.82) is 0 Å². The van der Waals surface area contributed by atoms with Crippen molar-refractivity contribution in [1.82, 2.24) is 5.32 Å². The second kappa shape index (κ2) is 7.21. The first kappa shape index (κ1) is 14.8. The van der Waals surface area contributed by atoms with Gasteiger partial charge in [0.05, 0.1) is 14.2 Å². The fraction of sp³-hybridized carbons (Fsp3) is 0.571. The lowest BCUT2D eigenvalue weighted by Crippen LogP contribution is -2.18. The number of hydrogen-bond donors (Lipinski definition) is 1. The third-order valence-corrected chi connectivity index (χ3v) is 3.07. The third kappa shape index (κ3) is 3.35. The second-order valence-corrected chi connectivity index (χ2v) is 4.21. The summed E-state index contributed by atoms with van der Waals surface area (Å²) >= 11 is 0. The summed E-state index contributed by atoms with van der Waals surface area (Å²) < 4.78 is 24.3. The first-order chi connectivity index (χ1) is 8.67. The monoisotopic (exact) mass is 255 g/mol. The molecule has 0 spiro atoms. The van der Waals surface area contributed by atoms with Crippen LogP contribution in [0, 0.1) is 5.82 Å². The van der Waals surface area contributed by atoms with Crippen LogP contribution in [0.25, 0.3) is 0 Å². The highest BCUT2D eigenvalue weighted by Gasteiger charge is 2.17. The number of hydrogen-bond acceptors (Lipinski definition) is 3. The third-order valence-electron chi connectivity index (χ3n) is 3.07. The topological polar surface area (TPSA) is 30.5 Å². The smallest absolute Gasteiger partial charge is 0.163 e. The number of methoxy groups -OCH3 is 2. The van der Waals surface area contributed by atoms with Crippen molar-refractivity contribution >= 4 is 0 Å². The van der Waals surface area contributed by atoms with Gasteiger partial charge in [-0.2, -0.15) is 0 Å². The maximum Gasteiger partial charge on any atom is 0.163 e. The summed E-state index contributed by atoms with van der Waals surface area (Å²) in [7, 11) is 4.90. The summed E-state index contributed by atoms with van der Waals surface area (Å²) in [5, 5.41) is 3.15. The highest BCUT2D eigenvalue weighted by molar-refractivity contribution is 5.44. The van der Waals surface area contributed by atoms with Gasteiger partial charge in [-0.25, -0.2) is 4.39 Å². The number of benzene rings is 1. The number of rotatable bonds is 7. The van der Waals surface area contributed by atoms with E-state index in [1.54, 1.807) is 13.2 Å². The van der Waals surface area contributed by atoms with E-state index in [0.717, 1.165) is 19.3 Å². The van der Waals surface area contributed by atoms with Crippen molar-refractivity contribution in [3.8, 4) is 11.5 Å². The van der Waals surface area contributed by atoms with Gasteiger partial charge in [0.15, 0.2) is 11.5 Å². The van der Waals surface area contributed by atoms with Gasteiger partial charge in [-0.15, -0.1) is 0 Å². The van der Waals surface area contributed by atoms with Crippen LogP contribution in [0.3, 0.4) is 0 Å². The molecule has 4 heteroatoms. The Bertz CT molecular complexity index is 382. The molecule has 0 aliphatic heterocycles. The molecule has 1 unspecified atom stereocenters. The SMILES string of the molecule is CCCCC(NC)c1cc(OC)c(OC)cc1F.